The van der Waals surface area contributed by atoms with Crippen LogP contribution in [0.1, 0.15) is 46.0 Å². The number of amides is 4. The maximum atomic E-state index is 16.2. The third kappa shape index (κ3) is 6.32. The van der Waals surface area contributed by atoms with E-state index in [1.165, 1.54) is 6.33 Å². The summed E-state index contributed by atoms with van der Waals surface area (Å²) in [7, 11) is 0. The number of alkyl halides is 1. The summed E-state index contributed by atoms with van der Waals surface area (Å²) in [5.74, 6) is 0.125. The van der Waals surface area contributed by atoms with Crippen molar-refractivity contribution in [2.75, 3.05) is 56.4 Å². The monoisotopic (exact) mass is 784 g/mol. The van der Waals surface area contributed by atoms with Crippen molar-refractivity contribution in [3.8, 4) is 22.8 Å². The third-order valence-corrected chi connectivity index (χ3v) is 12.2. The van der Waals surface area contributed by atoms with Gasteiger partial charge in [0.2, 0.25) is 11.8 Å². The standard InChI is InChI=1S/C42H41FN10O5/c43-32-22-50(15-14-33(32)53-39-36(38(44)45-23-46-39)37(48-53)25-6-9-29(10-7-25)58-28-4-2-1-3-5-28)27-20-49(21-27)17-24-18-51(19-24)26-8-11-30-31(16-26)42(57)52(41(30)56)34-12-13-35(54)47-40(34)55/h1-11,16,23-24,27,32-34H,12-15,17-22H2,(H2,44,45,46)(H,47,54,55)/t32-,33+,34?/m0/s1. The Bertz CT molecular complexity index is 2450. The van der Waals surface area contributed by atoms with Gasteiger partial charge in [-0.25, -0.2) is 19.0 Å². The first kappa shape index (κ1) is 36.1. The molecule has 2 aromatic heterocycles. The summed E-state index contributed by atoms with van der Waals surface area (Å²) in [6.45, 7) is 5.36. The van der Waals surface area contributed by atoms with Crippen LogP contribution in [0.25, 0.3) is 22.3 Å². The number of nitrogens with zero attached hydrogens (tertiary/aromatic N) is 8. The van der Waals surface area contributed by atoms with Gasteiger partial charge in [0.1, 0.15) is 41.6 Å². The molecule has 7 heterocycles. The summed E-state index contributed by atoms with van der Waals surface area (Å²) >= 11 is 0. The van der Waals surface area contributed by atoms with Crippen molar-refractivity contribution in [3.63, 3.8) is 0 Å². The van der Waals surface area contributed by atoms with E-state index in [-0.39, 0.29) is 30.0 Å². The number of hydrogen-bond acceptors (Lipinski definition) is 12. The van der Waals surface area contributed by atoms with E-state index < -0.39 is 41.9 Å². The molecule has 0 spiro atoms. The minimum Gasteiger partial charge on any atom is -0.457 e. The number of nitrogen functional groups attached to an aromatic ring is 1. The van der Waals surface area contributed by atoms with Crippen LogP contribution < -0.4 is 20.7 Å². The molecule has 3 N–H and O–H groups in total. The van der Waals surface area contributed by atoms with Gasteiger partial charge in [-0.1, -0.05) is 18.2 Å². The van der Waals surface area contributed by atoms with E-state index in [0.717, 1.165) is 61.2 Å². The minimum atomic E-state index is -1.15. The van der Waals surface area contributed by atoms with E-state index in [2.05, 4.69) is 30.0 Å². The normalized spacial score (nSPS) is 23.2. The Morgan fingerprint density at radius 2 is 1.60 bits per heavy atom. The Labute approximate surface area is 332 Å². The number of fused-ring (bicyclic) bond motifs is 2. The maximum absolute atomic E-state index is 16.2. The molecule has 3 aromatic carbocycles. The molecule has 4 saturated heterocycles. The number of likely N-dealkylation sites (tertiary alicyclic amines) is 2. The lowest BCUT2D eigenvalue weighted by molar-refractivity contribution is -0.136. The molecular formula is C42H41FN10O5. The number of ether oxygens (including phenoxy) is 1. The fourth-order valence-corrected chi connectivity index (χ4v) is 9.10. The van der Waals surface area contributed by atoms with Crippen molar-refractivity contribution in [2.45, 2.75) is 43.6 Å². The van der Waals surface area contributed by atoms with Gasteiger partial charge in [-0.15, -0.1) is 0 Å². The number of aromatic nitrogens is 4. The highest BCUT2D eigenvalue weighted by Gasteiger charge is 2.46. The van der Waals surface area contributed by atoms with Gasteiger partial charge in [-0.05, 0) is 67.4 Å². The number of carbonyl (C=O) groups is 4. The van der Waals surface area contributed by atoms with Crippen LogP contribution in [-0.4, -0.2) is 122 Å². The number of benzene rings is 3. The summed E-state index contributed by atoms with van der Waals surface area (Å²) in [5.41, 5.74) is 9.73. The Kier molecular flexibility index (Phi) is 8.89. The van der Waals surface area contributed by atoms with Crippen LogP contribution in [0.2, 0.25) is 0 Å². The van der Waals surface area contributed by atoms with Crippen molar-refractivity contribution in [1.82, 2.24) is 39.8 Å². The molecule has 0 radical (unpaired) electrons. The quantitative estimate of drug-likeness (QED) is 0.208. The number of anilines is 2. The minimum absolute atomic E-state index is 0.0813. The Morgan fingerprint density at radius 1 is 0.845 bits per heavy atom. The highest BCUT2D eigenvalue weighted by atomic mass is 19.1. The summed E-state index contributed by atoms with van der Waals surface area (Å²) in [4.78, 5) is 67.0. The van der Waals surface area contributed by atoms with Gasteiger partial charge in [-0.3, -0.25) is 39.2 Å². The molecule has 15 nitrogen and oxygen atoms in total. The molecule has 10 rings (SSSR count). The van der Waals surface area contributed by atoms with Crippen molar-refractivity contribution >= 4 is 46.2 Å². The first-order chi connectivity index (χ1) is 28.2. The molecule has 5 aliphatic heterocycles. The van der Waals surface area contributed by atoms with Crippen LogP contribution in [-0.2, 0) is 9.59 Å². The molecule has 3 atom stereocenters. The molecule has 5 aromatic rings. The van der Waals surface area contributed by atoms with Crippen molar-refractivity contribution in [1.29, 1.82) is 0 Å². The van der Waals surface area contributed by atoms with Crippen molar-refractivity contribution in [2.24, 2.45) is 5.92 Å². The molecule has 0 aliphatic carbocycles. The molecule has 5 aliphatic rings. The van der Waals surface area contributed by atoms with Crippen LogP contribution in [0.4, 0.5) is 15.9 Å². The van der Waals surface area contributed by atoms with Crippen molar-refractivity contribution < 1.29 is 28.3 Å². The number of halogens is 1. The van der Waals surface area contributed by atoms with E-state index in [0.29, 0.717) is 47.2 Å². The molecule has 16 heteroatoms. The number of rotatable bonds is 9. The van der Waals surface area contributed by atoms with Crippen LogP contribution in [0.5, 0.6) is 11.5 Å². The third-order valence-electron chi connectivity index (χ3n) is 12.2. The molecule has 1 unspecified atom stereocenters. The zero-order chi connectivity index (χ0) is 39.7. The average molecular weight is 785 g/mol. The van der Waals surface area contributed by atoms with Gasteiger partial charge in [0.25, 0.3) is 11.8 Å². The van der Waals surface area contributed by atoms with E-state index in [1.807, 2.05) is 60.7 Å². The summed E-state index contributed by atoms with van der Waals surface area (Å²) in [6.07, 6.45) is 1.04. The molecule has 0 saturated carbocycles. The largest absolute Gasteiger partial charge is 0.457 e. The van der Waals surface area contributed by atoms with Crippen molar-refractivity contribution in [3.05, 3.63) is 90.3 Å². The number of hydrogen-bond donors (Lipinski definition) is 2. The van der Waals surface area contributed by atoms with Gasteiger partial charge in [0.15, 0.2) is 5.65 Å². The van der Waals surface area contributed by atoms with E-state index >= 15 is 4.39 Å². The predicted octanol–water partition coefficient (Wildman–Crippen LogP) is 3.67. The molecule has 0 bridgehead atoms. The highest BCUT2D eigenvalue weighted by Crippen LogP contribution is 2.38. The first-order valence-electron chi connectivity index (χ1n) is 19.7. The SMILES string of the molecule is Nc1ncnc2c1c(-c1ccc(Oc3ccccc3)cc1)nn2[C@@H]1CCN(C2CN(CC3CN(c4ccc5c(c4)C(=O)N(C4CCC(=O)NC4=O)C5=O)C3)C2)C[C@@H]1F. The molecule has 296 valence electrons. The van der Waals surface area contributed by atoms with E-state index in [1.54, 1.807) is 16.8 Å². The van der Waals surface area contributed by atoms with Gasteiger partial charge in [0, 0.05) is 75.4 Å². The molecular weight excluding hydrogens is 744 g/mol. The number of para-hydroxylation sites is 1. The second-order valence-corrected chi connectivity index (χ2v) is 15.9. The highest BCUT2D eigenvalue weighted by molar-refractivity contribution is 6.23. The number of carbonyl (C=O) groups excluding carboxylic acids is 4. The zero-order valence-corrected chi connectivity index (χ0v) is 31.5. The summed E-state index contributed by atoms with van der Waals surface area (Å²) in [5, 5.41) is 7.75. The fraction of sp³-hybridized carbons (Fsp3) is 0.357. The Hall–Kier alpha value is -6.26. The first-order valence-corrected chi connectivity index (χ1v) is 19.7. The second kappa shape index (κ2) is 14.3. The lowest BCUT2D eigenvalue weighted by atomic mass is 9.94. The van der Waals surface area contributed by atoms with E-state index in [9.17, 15) is 19.2 Å². The number of nitrogens with one attached hydrogen (secondary N) is 1. The average Bonchev–Trinajstić information content (AvgIpc) is 3.69. The smallest absolute Gasteiger partial charge is 0.262 e. The lowest BCUT2D eigenvalue weighted by Crippen LogP contribution is -2.64. The van der Waals surface area contributed by atoms with Crippen LogP contribution in [0.15, 0.2) is 79.1 Å². The topological polar surface area (TPSA) is 172 Å². The number of nitrogens with two attached hydrogens (primary N) is 1. The summed E-state index contributed by atoms with van der Waals surface area (Å²) < 4.78 is 23.8. The molecule has 4 amide bonds. The van der Waals surface area contributed by atoms with Crippen LogP contribution >= 0.6 is 0 Å². The number of piperidine rings is 2. The second-order valence-electron chi connectivity index (χ2n) is 15.9. The van der Waals surface area contributed by atoms with Crippen LogP contribution in [0.3, 0.4) is 0 Å². The zero-order valence-electron chi connectivity index (χ0n) is 31.5. The predicted molar refractivity (Wildman–Crippen MR) is 211 cm³/mol. The van der Waals surface area contributed by atoms with Gasteiger partial charge >= 0.3 is 0 Å². The lowest BCUT2D eigenvalue weighted by Gasteiger charge is -2.51. The van der Waals surface area contributed by atoms with Crippen LogP contribution in [0, 0.1) is 5.92 Å². The van der Waals surface area contributed by atoms with E-state index in [4.69, 9.17) is 15.6 Å². The Balaban J connectivity index is 0.730. The van der Waals surface area contributed by atoms with Gasteiger partial charge in [-0.2, -0.15) is 5.10 Å². The number of imide groups is 2. The molecule has 58 heavy (non-hydrogen) atoms. The Morgan fingerprint density at radius 3 is 2.36 bits per heavy atom. The fourth-order valence-electron chi connectivity index (χ4n) is 9.10. The molecule has 4 fully saturated rings. The van der Waals surface area contributed by atoms with Gasteiger partial charge in [0.05, 0.1) is 22.6 Å². The summed E-state index contributed by atoms with van der Waals surface area (Å²) in [6, 6.07) is 21.2. The maximum Gasteiger partial charge on any atom is 0.262 e. The van der Waals surface area contributed by atoms with Gasteiger partial charge < -0.3 is 15.4 Å².